The van der Waals surface area contributed by atoms with Gasteiger partial charge in [0.15, 0.2) is 0 Å². The van der Waals surface area contributed by atoms with Gasteiger partial charge in [0.1, 0.15) is 5.69 Å². The highest BCUT2D eigenvalue weighted by molar-refractivity contribution is 7.19. The second-order valence-electron chi connectivity index (χ2n) is 5.69. The van der Waals surface area contributed by atoms with Gasteiger partial charge in [0.05, 0.1) is 34.2 Å². The van der Waals surface area contributed by atoms with Crippen LogP contribution in [0.2, 0.25) is 4.34 Å². The standard InChI is InChI=1S/C14H17ClN4OS/c15-14-4-3-13(21-14)12-9-19(17-16-12)6-5-18-7-10-1-2-11(8-18)20-10/h3-4,9-11H,1-2,5-8H2. The molecule has 2 aromatic heterocycles. The quantitative estimate of drug-likeness (QED) is 0.867. The van der Waals surface area contributed by atoms with Crippen LogP contribution >= 0.6 is 22.9 Å². The third-order valence-electron chi connectivity index (χ3n) is 4.13. The van der Waals surface area contributed by atoms with Crippen LogP contribution in [-0.2, 0) is 11.3 Å². The summed E-state index contributed by atoms with van der Waals surface area (Å²) < 4.78 is 8.55. The van der Waals surface area contributed by atoms with Gasteiger partial charge < -0.3 is 4.74 Å². The van der Waals surface area contributed by atoms with Crippen LogP contribution in [0, 0.1) is 0 Å². The topological polar surface area (TPSA) is 43.2 Å². The van der Waals surface area contributed by atoms with Crippen molar-refractivity contribution in [1.82, 2.24) is 19.9 Å². The monoisotopic (exact) mass is 324 g/mol. The van der Waals surface area contributed by atoms with Crippen LogP contribution in [0.4, 0.5) is 0 Å². The van der Waals surface area contributed by atoms with Crippen molar-refractivity contribution >= 4 is 22.9 Å². The molecule has 5 nitrogen and oxygen atoms in total. The van der Waals surface area contributed by atoms with Crippen LogP contribution in [0.25, 0.3) is 10.6 Å². The minimum atomic E-state index is 0.448. The number of nitrogens with zero attached hydrogens (tertiary/aromatic N) is 4. The maximum absolute atomic E-state index is 5.96. The highest BCUT2D eigenvalue weighted by Gasteiger charge is 2.33. The summed E-state index contributed by atoms with van der Waals surface area (Å²) >= 11 is 7.49. The lowest BCUT2D eigenvalue weighted by atomic mass is 10.2. The molecule has 2 aliphatic rings. The molecule has 21 heavy (non-hydrogen) atoms. The molecule has 2 atom stereocenters. The van der Waals surface area contributed by atoms with Gasteiger partial charge in [-0.1, -0.05) is 16.8 Å². The van der Waals surface area contributed by atoms with E-state index in [0.29, 0.717) is 12.2 Å². The van der Waals surface area contributed by atoms with E-state index in [-0.39, 0.29) is 0 Å². The number of aromatic nitrogens is 3. The number of fused-ring (bicyclic) bond motifs is 2. The second-order valence-corrected chi connectivity index (χ2v) is 7.40. The minimum absolute atomic E-state index is 0.448. The van der Waals surface area contributed by atoms with E-state index in [9.17, 15) is 0 Å². The molecule has 2 saturated heterocycles. The zero-order chi connectivity index (χ0) is 14.2. The van der Waals surface area contributed by atoms with E-state index in [4.69, 9.17) is 16.3 Å². The van der Waals surface area contributed by atoms with E-state index in [1.165, 1.54) is 24.2 Å². The molecule has 0 radical (unpaired) electrons. The van der Waals surface area contributed by atoms with Crippen molar-refractivity contribution in [2.75, 3.05) is 19.6 Å². The molecular weight excluding hydrogens is 308 g/mol. The Morgan fingerprint density at radius 2 is 2.05 bits per heavy atom. The Morgan fingerprint density at radius 1 is 1.24 bits per heavy atom. The van der Waals surface area contributed by atoms with E-state index in [1.54, 1.807) is 0 Å². The fourth-order valence-corrected chi connectivity index (χ4v) is 4.09. The van der Waals surface area contributed by atoms with Crippen molar-refractivity contribution in [2.45, 2.75) is 31.6 Å². The number of thiophene rings is 1. The lowest BCUT2D eigenvalue weighted by Gasteiger charge is -2.31. The lowest BCUT2D eigenvalue weighted by Crippen LogP contribution is -2.43. The molecule has 0 N–H and O–H groups in total. The molecule has 0 amide bonds. The molecule has 2 fully saturated rings. The van der Waals surface area contributed by atoms with Crippen molar-refractivity contribution in [3.63, 3.8) is 0 Å². The lowest BCUT2D eigenvalue weighted by molar-refractivity contribution is -0.0392. The van der Waals surface area contributed by atoms with Gasteiger partial charge in [-0.25, -0.2) is 0 Å². The summed E-state index contributed by atoms with van der Waals surface area (Å²) in [6.07, 6.45) is 5.32. The van der Waals surface area contributed by atoms with Gasteiger partial charge in [-0.05, 0) is 25.0 Å². The van der Waals surface area contributed by atoms with Gasteiger partial charge in [-0.2, -0.15) is 0 Å². The molecular formula is C14H17ClN4OS. The third-order valence-corrected chi connectivity index (χ3v) is 5.38. The molecule has 7 heteroatoms. The van der Waals surface area contributed by atoms with Crippen molar-refractivity contribution < 1.29 is 4.74 Å². The Balaban J connectivity index is 1.36. The second kappa shape index (κ2) is 5.68. The van der Waals surface area contributed by atoms with Crippen molar-refractivity contribution in [3.05, 3.63) is 22.7 Å². The molecule has 2 aliphatic heterocycles. The molecule has 4 heterocycles. The van der Waals surface area contributed by atoms with E-state index in [2.05, 4.69) is 15.2 Å². The van der Waals surface area contributed by atoms with Gasteiger partial charge in [0.2, 0.25) is 0 Å². The molecule has 0 spiro atoms. The summed E-state index contributed by atoms with van der Waals surface area (Å²) in [4.78, 5) is 3.55. The summed E-state index contributed by atoms with van der Waals surface area (Å²) in [6.45, 7) is 3.98. The van der Waals surface area contributed by atoms with Gasteiger partial charge in [-0.15, -0.1) is 16.4 Å². The number of likely N-dealkylation sites (tertiary alicyclic amines) is 1. The van der Waals surface area contributed by atoms with Crippen LogP contribution in [0.1, 0.15) is 12.8 Å². The maximum atomic E-state index is 5.96. The van der Waals surface area contributed by atoms with Gasteiger partial charge in [0.25, 0.3) is 0 Å². The summed E-state index contributed by atoms with van der Waals surface area (Å²) in [6, 6.07) is 3.88. The third kappa shape index (κ3) is 2.99. The molecule has 0 aromatic carbocycles. The van der Waals surface area contributed by atoms with E-state index in [1.807, 2.05) is 23.0 Å². The van der Waals surface area contributed by atoms with Crippen molar-refractivity contribution in [1.29, 1.82) is 0 Å². The number of halogens is 1. The average Bonchev–Trinajstić information content (AvgIpc) is 3.17. The average molecular weight is 325 g/mol. The molecule has 2 unspecified atom stereocenters. The predicted octanol–water partition coefficient (Wildman–Crippen LogP) is 2.52. The molecule has 2 bridgehead atoms. The van der Waals surface area contributed by atoms with E-state index in [0.717, 1.165) is 41.1 Å². The van der Waals surface area contributed by atoms with Crippen LogP contribution < -0.4 is 0 Å². The Labute approximate surface area is 132 Å². The first-order valence-electron chi connectivity index (χ1n) is 7.30. The maximum Gasteiger partial charge on any atom is 0.123 e. The summed E-state index contributed by atoms with van der Waals surface area (Å²) in [5.41, 5.74) is 0.897. The highest BCUT2D eigenvalue weighted by atomic mass is 35.5. The van der Waals surface area contributed by atoms with Crippen LogP contribution in [0.5, 0.6) is 0 Å². The largest absolute Gasteiger partial charge is 0.372 e. The smallest absolute Gasteiger partial charge is 0.123 e. The van der Waals surface area contributed by atoms with Gasteiger partial charge >= 0.3 is 0 Å². The summed E-state index contributed by atoms with van der Waals surface area (Å²) in [7, 11) is 0. The predicted molar refractivity (Wildman–Crippen MR) is 82.7 cm³/mol. The molecule has 0 aliphatic carbocycles. The zero-order valence-corrected chi connectivity index (χ0v) is 13.2. The molecule has 2 aromatic rings. The van der Waals surface area contributed by atoms with Crippen LogP contribution in [-0.4, -0.2) is 51.7 Å². The molecule has 112 valence electrons. The van der Waals surface area contributed by atoms with Crippen LogP contribution in [0.3, 0.4) is 0 Å². The van der Waals surface area contributed by atoms with Crippen LogP contribution in [0.15, 0.2) is 18.3 Å². The van der Waals surface area contributed by atoms with E-state index >= 15 is 0 Å². The Bertz CT molecular complexity index is 616. The normalized spacial score (nSPS) is 25.6. The van der Waals surface area contributed by atoms with Gasteiger partial charge in [-0.3, -0.25) is 9.58 Å². The SMILES string of the molecule is Clc1ccc(-c2cn(CCN3CC4CCC(C3)O4)nn2)s1. The Morgan fingerprint density at radius 3 is 2.76 bits per heavy atom. The first kappa shape index (κ1) is 13.7. The minimum Gasteiger partial charge on any atom is -0.372 e. The fraction of sp³-hybridized carbons (Fsp3) is 0.571. The van der Waals surface area contributed by atoms with Crippen molar-refractivity contribution in [3.8, 4) is 10.6 Å². The Kier molecular flexibility index (Phi) is 3.71. The highest BCUT2D eigenvalue weighted by Crippen LogP contribution is 2.29. The fourth-order valence-electron chi connectivity index (χ4n) is 3.10. The number of rotatable bonds is 4. The molecule has 0 saturated carbocycles. The zero-order valence-electron chi connectivity index (χ0n) is 11.6. The number of hydrogen-bond donors (Lipinski definition) is 0. The first-order chi connectivity index (χ1) is 10.3. The van der Waals surface area contributed by atoms with Crippen molar-refractivity contribution in [2.24, 2.45) is 0 Å². The summed E-state index contributed by atoms with van der Waals surface area (Å²) in [5, 5.41) is 8.44. The summed E-state index contributed by atoms with van der Waals surface area (Å²) in [5.74, 6) is 0. The number of morpholine rings is 1. The number of hydrogen-bond acceptors (Lipinski definition) is 5. The van der Waals surface area contributed by atoms with Gasteiger partial charge in [0, 0.05) is 19.6 Å². The Hall–Kier alpha value is -0.950. The number of ether oxygens (including phenoxy) is 1. The van der Waals surface area contributed by atoms with E-state index < -0.39 is 0 Å². The first-order valence-corrected chi connectivity index (χ1v) is 8.49. The molecule has 4 rings (SSSR count).